The van der Waals surface area contributed by atoms with Crippen molar-refractivity contribution in [3.8, 4) is 5.75 Å². The fraction of sp³-hybridized carbons (Fsp3) is 0.500. The van der Waals surface area contributed by atoms with E-state index in [2.05, 4.69) is 5.32 Å². The third kappa shape index (κ3) is 3.32. The lowest BCUT2D eigenvalue weighted by molar-refractivity contribution is -0.0327. The van der Waals surface area contributed by atoms with Crippen LogP contribution in [0.3, 0.4) is 0 Å². The number of nitrogens with one attached hydrogen (secondary N) is 1. The molecule has 0 fully saturated rings. The van der Waals surface area contributed by atoms with Crippen LogP contribution < -0.4 is 5.32 Å². The van der Waals surface area contributed by atoms with Gasteiger partial charge in [-0.25, -0.2) is 0 Å². The zero-order valence-corrected chi connectivity index (χ0v) is 10.4. The highest BCUT2D eigenvalue weighted by molar-refractivity contribution is 8.00. The summed E-state index contributed by atoms with van der Waals surface area (Å²) < 4.78 is 35.9. The number of hydrogen-bond donors (Lipinski definition) is 2. The van der Waals surface area contributed by atoms with Crippen molar-refractivity contribution in [2.75, 3.05) is 12.3 Å². The molecule has 0 radical (unpaired) electrons. The molecule has 0 saturated heterocycles. The van der Waals surface area contributed by atoms with Gasteiger partial charge in [-0.1, -0.05) is 12.1 Å². The summed E-state index contributed by atoms with van der Waals surface area (Å²) in [6.45, 7) is 0.309. The second-order valence-electron chi connectivity index (χ2n) is 4.18. The first-order valence-electron chi connectivity index (χ1n) is 5.72. The quantitative estimate of drug-likeness (QED) is 0.829. The van der Waals surface area contributed by atoms with Crippen molar-refractivity contribution >= 4 is 11.8 Å². The summed E-state index contributed by atoms with van der Waals surface area (Å²) in [4.78, 5) is 0. The molecule has 18 heavy (non-hydrogen) atoms. The van der Waals surface area contributed by atoms with Gasteiger partial charge in [-0.2, -0.15) is 13.2 Å². The molecule has 1 atom stereocenters. The first-order chi connectivity index (χ1) is 8.47. The number of aromatic hydroxyl groups is 1. The predicted octanol–water partition coefficient (Wildman–Crippen LogP) is 3.22. The largest absolute Gasteiger partial charge is 0.508 e. The van der Waals surface area contributed by atoms with Gasteiger partial charge in [0.2, 0.25) is 0 Å². The summed E-state index contributed by atoms with van der Waals surface area (Å²) in [5.74, 6) is 0.287. The molecule has 0 heterocycles. The lowest BCUT2D eigenvalue weighted by Crippen LogP contribution is -2.22. The SMILES string of the molecule is Oc1cccc2c1CCC2NCCSC(F)(F)F. The van der Waals surface area contributed by atoms with E-state index in [1.54, 1.807) is 12.1 Å². The van der Waals surface area contributed by atoms with Crippen molar-refractivity contribution in [2.24, 2.45) is 0 Å². The molecule has 2 rings (SSSR count). The molecular formula is C12H14F3NOS. The second kappa shape index (κ2) is 5.40. The van der Waals surface area contributed by atoms with Gasteiger partial charge in [0.25, 0.3) is 0 Å². The Morgan fingerprint density at radius 3 is 2.89 bits per heavy atom. The Labute approximate surface area is 108 Å². The Balaban J connectivity index is 1.85. The average Bonchev–Trinajstić information content (AvgIpc) is 2.68. The summed E-state index contributed by atoms with van der Waals surface area (Å²) in [6.07, 6.45) is 1.59. The van der Waals surface area contributed by atoms with Crippen molar-refractivity contribution in [3.63, 3.8) is 0 Å². The minimum absolute atomic E-state index is 0.00808. The van der Waals surface area contributed by atoms with Crippen molar-refractivity contribution in [3.05, 3.63) is 29.3 Å². The van der Waals surface area contributed by atoms with Crippen LogP contribution in [0, 0.1) is 0 Å². The Kier molecular flexibility index (Phi) is 4.07. The molecule has 2 nitrogen and oxygen atoms in total. The third-order valence-electron chi connectivity index (χ3n) is 3.00. The average molecular weight is 277 g/mol. The van der Waals surface area contributed by atoms with E-state index in [1.165, 1.54) is 0 Å². The van der Waals surface area contributed by atoms with Gasteiger partial charge in [0.1, 0.15) is 5.75 Å². The van der Waals surface area contributed by atoms with Crippen LogP contribution in [0.15, 0.2) is 18.2 Å². The number of phenolic OH excluding ortho intramolecular Hbond substituents is 1. The van der Waals surface area contributed by atoms with Crippen molar-refractivity contribution < 1.29 is 18.3 Å². The molecular weight excluding hydrogens is 263 g/mol. The van der Waals surface area contributed by atoms with Crippen LogP contribution in [-0.2, 0) is 6.42 Å². The number of phenols is 1. The molecule has 0 aromatic heterocycles. The maximum absolute atomic E-state index is 12.0. The number of rotatable bonds is 4. The Morgan fingerprint density at radius 1 is 1.39 bits per heavy atom. The molecule has 6 heteroatoms. The molecule has 0 amide bonds. The van der Waals surface area contributed by atoms with Crippen LogP contribution in [0.1, 0.15) is 23.6 Å². The van der Waals surface area contributed by atoms with E-state index in [4.69, 9.17) is 0 Å². The minimum atomic E-state index is -4.16. The maximum atomic E-state index is 12.0. The van der Waals surface area contributed by atoms with Crippen LogP contribution in [0.2, 0.25) is 0 Å². The monoisotopic (exact) mass is 277 g/mol. The van der Waals surface area contributed by atoms with E-state index >= 15 is 0 Å². The highest BCUT2D eigenvalue weighted by Crippen LogP contribution is 2.36. The highest BCUT2D eigenvalue weighted by Gasteiger charge is 2.28. The zero-order chi connectivity index (χ0) is 13.2. The van der Waals surface area contributed by atoms with E-state index in [0.717, 1.165) is 24.0 Å². The fourth-order valence-corrected chi connectivity index (χ4v) is 2.70. The van der Waals surface area contributed by atoms with Gasteiger partial charge in [0, 0.05) is 18.3 Å². The van der Waals surface area contributed by atoms with Gasteiger partial charge in [-0.15, -0.1) is 0 Å². The molecule has 1 aliphatic rings. The number of fused-ring (bicyclic) bond motifs is 1. The van der Waals surface area contributed by atoms with Crippen LogP contribution in [-0.4, -0.2) is 22.9 Å². The number of thioether (sulfide) groups is 1. The summed E-state index contributed by atoms with van der Waals surface area (Å²) in [5.41, 5.74) is -2.24. The molecule has 2 N–H and O–H groups in total. The first-order valence-corrected chi connectivity index (χ1v) is 6.71. The van der Waals surface area contributed by atoms with Crippen molar-refractivity contribution in [1.82, 2.24) is 5.32 Å². The van der Waals surface area contributed by atoms with E-state index in [9.17, 15) is 18.3 Å². The number of benzene rings is 1. The van der Waals surface area contributed by atoms with Gasteiger partial charge in [0.05, 0.1) is 0 Å². The number of halogens is 3. The first kappa shape index (κ1) is 13.5. The van der Waals surface area contributed by atoms with Crippen molar-refractivity contribution in [2.45, 2.75) is 24.4 Å². The molecule has 0 spiro atoms. The molecule has 1 unspecified atom stereocenters. The van der Waals surface area contributed by atoms with Gasteiger partial charge < -0.3 is 10.4 Å². The summed E-state index contributed by atoms with van der Waals surface area (Å²) in [5, 5.41) is 12.8. The fourth-order valence-electron chi connectivity index (χ4n) is 2.25. The Hall–Kier alpha value is -0.880. The van der Waals surface area contributed by atoms with Crippen LogP contribution in [0.5, 0.6) is 5.75 Å². The van der Waals surface area contributed by atoms with E-state index in [-0.39, 0.29) is 29.3 Å². The van der Waals surface area contributed by atoms with E-state index in [0.29, 0.717) is 6.54 Å². The highest BCUT2D eigenvalue weighted by atomic mass is 32.2. The van der Waals surface area contributed by atoms with Gasteiger partial charge in [-0.3, -0.25) is 0 Å². The molecule has 0 bridgehead atoms. The normalized spacial score (nSPS) is 18.9. The van der Waals surface area contributed by atoms with Gasteiger partial charge in [0.15, 0.2) is 0 Å². The topological polar surface area (TPSA) is 32.3 Å². The maximum Gasteiger partial charge on any atom is 0.441 e. The molecule has 0 saturated carbocycles. The van der Waals surface area contributed by atoms with Crippen LogP contribution in [0.4, 0.5) is 13.2 Å². The number of hydrogen-bond acceptors (Lipinski definition) is 3. The second-order valence-corrected chi connectivity index (χ2v) is 5.34. The summed E-state index contributed by atoms with van der Waals surface area (Å²) >= 11 is -0.0105. The predicted molar refractivity (Wildman–Crippen MR) is 65.7 cm³/mol. The molecule has 1 aromatic carbocycles. The lowest BCUT2D eigenvalue weighted by Gasteiger charge is -2.14. The number of alkyl halides is 3. The van der Waals surface area contributed by atoms with Crippen molar-refractivity contribution in [1.29, 1.82) is 0 Å². The zero-order valence-electron chi connectivity index (χ0n) is 9.63. The van der Waals surface area contributed by atoms with Gasteiger partial charge in [-0.05, 0) is 41.8 Å². The van der Waals surface area contributed by atoms with Crippen LogP contribution >= 0.6 is 11.8 Å². The minimum Gasteiger partial charge on any atom is -0.508 e. The smallest absolute Gasteiger partial charge is 0.441 e. The van der Waals surface area contributed by atoms with E-state index in [1.807, 2.05) is 6.07 Å². The summed E-state index contributed by atoms with van der Waals surface area (Å²) in [6, 6.07) is 5.37. The molecule has 0 aliphatic heterocycles. The lowest BCUT2D eigenvalue weighted by atomic mass is 10.1. The molecule has 100 valence electrons. The van der Waals surface area contributed by atoms with E-state index < -0.39 is 5.51 Å². The summed E-state index contributed by atoms with van der Waals surface area (Å²) in [7, 11) is 0. The Morgan fingerprint density at radius 2 is 2.17 bits per heavy atom. The third-order valence-corrected chi connectivity index (χ3v) is 3.74. The molecule has 1 aliphatic carbocycles. The van der Waals surface area contributed by atoms with Crippen LogP contribution in [0.25, 0.3) is 0 Å². The Bertz CT molecular complexity index is 422. The standard InChI is InChI=1S/C12H14F3NOS/c13-12(14,15)18-7-6-16-10-5-4-9-8(10)2-1-3-11(9)17/h1-3,10,16-17H,4-7H2. The molecule has 1 aromatic rings. The van der Waals surface area contributed by atoms with Gasteiger partial charge >= 0.3 is 5.51 Å².